The van der Waals surface area contributed by atoms with Crippen LogP contribution in [-0.4, -0.2) is 61.1 Å². The molecule has 0 aromatic heterocycles. The van der Waals surface area contributed by atoms with E-state index in [-0.39, 0.29) is 34.6 Å². The summed E-state index contributed by atoms with van der Waals surface area (Å²) >= 11 is 0. The van der Waals surface area contributed by atoms with Crippen LogP contribution >= 0.6 is 31.0 Å². The Hall–Kier alpha value is 0.520. The van der Waals surface area contributed by atoms with E-state index in [1.807, 2.05) is 0 Å². The molecule has 0 radical (unpaired) electrons. The zero-order chi connectivity index (χ0) is 19.4. The molecule has 0 saturated heterocycles. The lowest BCUT2D eigenvalue weighted by Crippen LogP contribution is -2.19. The average Bonchev–Trinajstić information content (AvgIpc) is 2.25. The smallest absolute Gasteiger partial charge is 0.312 e. The average molecular weight is 436 g/mol. The first-order valence-electron chi connectivity index (χ1n) is 6.26. The highest BCUT2D eigenvalue weighted by atomic mass is 31.3. The monoisotopic (exact) mass is 436 g/mol. The van der Waals surface area contributed by atoms with Crippen molar-refractivity contribution >= 4 is 31.0 Å². The van der Waals surface area contributed by atoms with Crippen LogP contribution in [0.5, 0.6) is 0 Å². The Kier molecular flexibility index (Phi) is 9.14. The Labute approximate surface area is 137 Å². The number of nitrogens with zero attached hydrogens (tertiary/aromatic N) is 2. The van der Waals surface area contributed by atoms with Gasteiger partial charge in [0.25, 0.3) is 0 Å². The molecular formula is C6H20N2O12P4. The Morgan fingerprint density at radius 2 is 0.667 bits per heavy atom. The van der Waals surface area contributed by atoms with E-state index in [4.69, 9.17) is 39.1 Å². The standard InChI is InChI=1S/C6H20N2O12P4/c9-21(10,11)7(22(12,13)14)5-3-1-2-4-6-8(23(15,16)17)24(18,19)20/h1-6H2,(H2,9,10,11)(H2,12,13,14)(H2,15,16,17)(H2,18,19,20). The van der Waals surface area contributed by atoms with Crippen molar-refractivity contribution in [2.75, 3.05) is 13.1 Å². The molecule has 0 unspecified atom stereocenters. The predicted octanol–water partition coefficient (Wildman–Crippen LogP) is -0.478. The van der Waals surface area contributed by atoms with Crippen molar-refractivity contribution in [2.45, 2.75) is 25.7 Å². The highest BCUT2D eigenvalue weighted by Crippen LogP contribution is 2.58. The van der Waals surface area contributed by atoms with Crippen molar-refractivity contribution in [1.29, 1.82) is 0 Å². The van der Waals surface area contributed by atoms with Crippen LogP contribution in [0.4, 0.5) is 0 Å². The largest absolute Gasteiger partial charge is 0.412 e. The van der Waals surface area contributed by atoms with Crippen LogP contribution in [0.2, 0.25) is 0 Å². The third kappa shape index (κ3) is 9.28. The van der Waals surface area contributed by atoms with E-state index in [1.54, 1.807) is 0 Å². The summed E-state index contributed by atoms with van der Waals surface area (Å²) in [6.45, 7) is -1.26. The molecule has 0 heterocycles. The van der Waals surface area contributed by atoms with E-state index >= 15 is 0 Å². The molecule has 0 bridgehead atoms. The first-order chi connectivity index (χ1) is 10.5. The van der Waals surface area contributed by atoms with Gasteiger partial charge in [-0.3, -0.25) is 0 Å². The minimum absolute atomic E-state index is 0.0674. The Balaban J connectivity index is 4.41. The highest BCUT2D eigenvalue weighted by Gasteiger charge is 2.40. The molecular weight excluding hydrogens is 416 g/mol. The molecule has 0 aliphatic rings. The van der Waals surface area contributed by atoms with Crippen molar-refractivity contribution < 1.29 is 57.4 Å². The van der Waals surface area contributed by atoms with Crippen LogP contribution in [0.1, 0.15) is 25.7 Å². The second kappa shape index (κ2) is 8.94. The van der Waals surface area contributed by atoms with Gasteiger partial charge in [0.1, 0.15) is 0 Å². The van der Waals surface area contributed by atoms with Crippen LogP contribution in [0, 0.1) is 0 Å². The molecule has 0 aromatic rings. The molecule has 0 aliphatic heterocycles. The van der Waals surface area contributed by atoms with Gasteiger partial charge in [-0.1, -0.05) is 12.8 Å². The summed E-state index contributed by atoms with van der Waals surface area (Å²) in [4.78, 5) is 70.7. The van der Waals surface area contributed by atoms with Gasteiger partial charge in [0.2, 0.25) is 0 Å². The van der Waals surface area contributed by atoms with Crippen molar-refractivity contribution in [3.8, 4) is 0 Å². The molecule has 0 fully saturated rings. The SMILES string of the molecule is O=P(O)(O)N(CCCCCCN(P(=O)(O)O)P(=O)(O)O)P(=O)(O)O. The lowest BCUT2D eigenvalue weighted by molar-refractivity contribution is 0.259. The molecule has 0 amide bonds. The lowest BCUT2D eigenvalue weighted by atomic mass is 10.2. The number of hydrogen-bond donors (Lipinski definition) is 8. The summed E-state index contributed by atoms with van der Waals surface area (Å²) in [5.41, 5.74) is 0. The second-order valence-corrected chi connectivity index (χ2v) is 11.3. The van der Waals surface area contributed by atoms with E-state index in [0.717, 1.165) is 0 Å². The number of rotatable bonds is 11. The first-order valence-corrected chi connectivity index (χ1v) is 12.5. The van der Waals surface area contributed by atoms with Gasteiger partial charge in [-0.15, -0.1) is 8.88 Å². The summed E-state index contributed by atoms with van der Waals surface area (Å²) in [5.74, 6) is 0. The van der Waals surface area contributed by atoms with E-state index < -0.39 is 44.1 Å². The van der Waals surface area contributed by atoms with Crippen molar-refractivity contribution in [2.24, 2.45) is 0 Å². The fourth-order valence-corrected chi connectivity index (χ4v) is 5.72. The Morgan fingerprint density at radius 1 is 0.458 bits per heavy atom. The number of hydrogen-bond acceptors (Lipinski definition) is 4. The van der Waals surface area contributed by atoms with E-state index in [9.17, 15) is 18.3 Å². The molecule has 0 aromatic carbocycles. The molecule has 0 aliphatic carbocycles. The van der Waals surface area contributed by atoms with Gasteiger partial charge >= 0.3 is 31.0 Å². The fourth-order valence-electron chi connectivity index (χ4n) is 1.68. The quantitative estimate of drug-likeness (QED) is 0.151. The first kappa shape index (κ1) is 24.5. The summed E-state index contributed by atoms with van der Waals surface area (Å²) in [6, 6.07) is 0. The maximum atomic E-state index is 11.0. The maximum Gasteiger partial charge on any atom is 0.412 e. The fraction of sp³-hybridized carbons (Fsp3) is 1.00. The zero-order valence-electron chi connectivity index (χ0n) is 12.1. The topological polar surface area (TPSA) is 237 Å². The molecule has 18 heteroatoms. The summed E-state index contributed by atoms with van der Waals surface area (Å²) < 4.78 is 43.3. The minimum atomic E-state index is -5.16. The Bertz CT molecular complexity index is 490. The zero-order valence-corrected chi connectivity index (χ0v) is 15.7. The van der Waals surface area contributed by atoms with Gasteiger partial charge < -0.3 is 39.1 Å². The van der Waals surface area contributed by atoms with Gasteiger partial charge in [0, 0.05) is 13.1 Å². The molecule has 24 heavy (non-hydrogen) atoms. The molecule has 0 saturated carbocycles. The molecule has 14 nitrogen and oxygen atoms in total. The predicted molar refractivity (Wildman–Crippen MR) is 80.1 cm³/mol. The summed E-state index contributed by atoms with van der Waals surface area (Å²) in [6.07, 6.45) is 0.156. The van der Waals surface area contributed by atoms with Crippen LogP contribution in [0.25, 0.3) is 0 Å². The summed E-state index contributed by atoms with van der Waals surface area (Å²) in [5, 5.41) is 0. The third-order valence-electron chi connectivity index (χ3n) is 2.67. The second-order valence-electron chi connectivity index (χ2n) is 4.66. The van der Waals surface area contributed by atoms with Crippen molar-refractivity contribution in [3.63, 3.8) is 0 Å². The van der Waals surface area contributed by atoms with Crippen LogP contribution in [0.15, 0.2) is 0 Å². The van der Waals surface area contributed by atoms with Gasteiger partial charge in [-0.05, 0) is 12.8 Å². The lowest BCUT2D eigenvalue weighted by Gasteiger charge is -2.24. The van der Waals surface area contributed by atoms with Gasteiger partial charge in [-0.2, -0.15) is 0 Å². The van der Waals surface area contributed by atoms with E-state index in [2.05, 4.69) is 0 Å². The molecule has 8 N–H and O–H groups in total. The van der Waals surface area contributed by atoms with E-state index in [0.29, 0.717) is 0 Å². The van der Waals surface area contributed by atoms with Gasteiger partial charge in [0.15, 0.2) is 0 Å². The highest BCUT2D eigenvalue weighted by molar-refractivity contribution is 7.65. The summed E-state index contributed by atoms with van der Waals surface area (Å²) in [7, 11) is -20.6. The van der Waals surface area contributed by atoms with E-state index in [1.165, 1.54) is 0 Å². The van der Waals surface area contributed by atoms with Crippen LogP contribution in [0.3, 0.4) is 0 Å². The Morgan fingerprint density at radius 3 is 0.833 bits per heavy atom. The van der Waals surface area contributed by atoms with Crippen LogP contribution in [-0.2, 0) is 18.3 Å². The minimum Gasteiger partial charge on any atom is -0.312 e. The molecule has 0 spiro atoms. The third-order valence-corrected chi connectivity index (χ3v) is 8.67. The maximum absolute atomic E-state index is 11.0. The van der Waals surface area contributed by atoms with Gasteiger partial charge in [-0.25, -0.2) is 18.3 Å². The van der Waals surface area contributed by atoms with Gasteiger partial charge in [0.05, 0.1) is 0 Å². The van der Waals surface area contributed by atoms with Crippen molar-refractivity contribution in [1.82, 2.24) is 8.88 Å². The molecule has 0 atom stereocenters. The number of unbranched alkanes of at least 4 members (excludes halogenated alkanes) is 3. The molecule has 0 rings (SSSR count). The van der Waals surface area contributed by atoms with Crippen molar-refractivity contribution in [3.05, 3.63) is 0 Å². The molecule has 146 valence electrons. The normalized spacial score (nSPS) is 14.6. The van der Waals surface area contributed by atoms with Crippen LogP contribution < -0.4 is 0 Å².